The van der Waals surface area contributed by atoms with Crippen molar-refractivity contribution in [2.45, 2.75) is 26.3 Å². The smallest absolute Gasteiger partial charge is 0.224 e. The van der Waals surface area contributed by atoms with Crippen LogP contribution in [0.5, 0.6) is 0 Å². The van der Waals surface area contributed by atoms with Crippen LogP contribution in [0.4, 0.5) is 0 Å². The average molecular weight is 276 g/mol. The maximum Gasteiger partial charge on any atom is 0.224 e. The third-order valence-corrected chi connectivity index (χ3v) is 4.20. The van der Waals surface area contributed by atoms with Gasteiger partial charge < -0.3 is 10.2 Å². The highest BCUT2D eigenvalue weighted by Gasteiger charge is 2.29. The number of halogens is 1. The molecule has 4 nitrogen and oxygen atoms in total. The molecule has 0 aromatic rings. The van der Waals surface area contributed by atoms with E-state index in [9.17, 15) is 4.79 Å². The summed E-state index contributed by atoms with van der Waals surface area (Å²) in [7, 11) is 2.15. The van der Waals surface area contributed by atoms with E-state index < -0.39 is 0 Å². The third kappa shape index (κ3) is 4.41. The lowest BCUT2D eigenvalue weighted by molar-refractivity contribution is -0.124. The van der Waals surface area contributed by atoms with Crippen molar-refractivity contribution < 1.29 is 4.79 Å². The second-order valence-corrected chi connectivity index (χ2v) is 6.18. The highest BCUT2D eigenvalue weighted by molar-refractivity contribution is 6.19. The van der Waals surface area contributed by atoms with Crippen LogP contribution in [0.1, 0.15) is 20.8 Å². The molecule has 1 atom stereocenters. The van der Waals surface area contributed by atoms with Gasteiger partial charge in [0.15, 0.2) is 0 Å². The van der Waals surface area contributed by atoms with Gasteiger partial charge in [0.2, 0.25) is 5.91 Å². The summed E-state index contributed by atoms with van der Waals surface area (Å²) < 4.78 is 0. The Hall–Kier alpha value is -0.320. The van der Waals surface area contributed by atoms with Crippen molar-refractivity contribution in [1.82, 2.24) is 15.1 Å². The van der Waals surface area contributed by atoms with Gasteiger partial charge in [-0.3, -0.25) is 9.69 Å². The number of amides is 1. The minimum atomic E-state index is -0.116. The highest BCUT2D eigenvalue weighted by atomic mass is 35.5. The number of nitrogens with one attached hydrogen (secondary N) is 1. The van der Waals surface area contributed by atoms with Gasteiger partial charge in [0.1, 0.15) is 0 Å². The monoisotopic (exact) mass is 275 g/mol. The molecule has 1 rings (SSSR count). The number of hydrogen-bond donors (Lipinski definition) is 1. The Morgan fingerprint density at radius 2 is 1.89 bits per heavy atom. The van der Waals surface area contributed by atoms with Crippen LogP contribution in [-0.4, -0.2) is 66.9 Å². The second-order valence-electron chi connectivity index (χ2n) is 5.88. The van der Waals surface area contributed by atoms with Gasteiger partial charge in [0.05, 0.1) is 0 Å². The number of likely N-dealkylation sites (N-methyl/N-ethyl adjacent to an activating group) is 1. The van der Waals surface area contributed by atoms with E-state index in [4.69, 9.17) is 11.6 Å². The third-order valence-electron chi connectivity index (χ3n) is 3.73. The van der Waals surface area contributed by atoms with E-state index in [1.165, 1.54) is 0 Å². The number of rotatable bonds is 5. The minimum absolute atomic E-state index is 0.00293. The topological polar surface area (TPSA) is 35.6 Å². The molecule has 1 heterocycles. The lowest BCUT2D eigenvalue weighted by Crippen LogP contribution is -2.58. The molecule has 106 valence electrons. The first-order chi connectivity index (χ1) is 8.36. The van der Waals surface area contributed by atoms with Crippen molar-refractivity contribution in [2.24, 2.45) is 5.92 Å². The Balaban J connectivity index is 2.41. The molecule has 1 amide bonds. The number of piperazine rings is 1. The first-order valence-electron chi connectivity index (χ1n) is 6.64. The van der Waals surface area contributed by atoms with E-state index in [2.05, 4.69) is 36.0 Å². The summed E-state index contributed by atoms with van der Waals surface area (Å²) in [4.78, 5) is 16.5. The zero-order chi connectivity index (χ0) is 13.8. The first kappa shape index (κ1) is 15.7. The number of hydrogen-bond acceptors (Lipinski definition) is 3. The van der Waals surface area contributed by atoms with Crippen molar-refractivity contribution in [3.8, 4) is 0 Å². The lowest BCUT2D eigenvalue weighted by atomic mass is 10.0. The number of nitrogens with zero attached hydrogens (tertiary/aromatic N) is 2. The molecular weight excluding hydrogens is 250 g/mol. The molecule has 1 fully saturated rings. The Bertz CT molecular complexity index is 275. The first-order valence-corrected chi connectivity index (χ1v) is 7.17. The van der Waals surface area contributed by atoms with E-state index in [1.54, 1.807) is 0 Å². The average Bonchev–Trinajstić information content (AvgIpc) is 2.35. The number of carbonyl (C=O) groups is 1. The summed E-state index contributed by atoms with van der Waals surface area (Å²) in [5.74, 6) is 0.308. The van der Waals surface area contributed by atoms with E-state index in [0.717, 1.165) is 26.2 Å². The fourth-order valence-electron chi connectivity index (χ4n) is 2.07. The Morgan fingerprint density at radius 1 is 1.33 bits per heavy atom. The summed E-state index contributed by atoms with van der Waals surface area (Å²) in [6.45, 7) is 11.2. The van der Waals surface area contributed by atoms with E-state index in [1.807, 2.05) is 6.92 Å². The van der Waals surface area contributed by atoms with Crippen LogP contribution in [0.3, 0.4) is 0 Å². The fraction of sp³-hybridized carbons (Fsp3) is 0.923. The number of carbonyl (C=O) groups excluding carboxylic acids is 1. The van der Waals surface area contributed by atoms with Gasteiger partial charge in [0.25, 0.3) is 0 Å². The van der Waals surface area contributed by atoms with Crippen molar-refractivity contribution in [2.75, 3.05) is 45.7 Å². The molecule has 0 aromatic heterocycles. The van der Waals surface area contributed by atoms with Gasteiger partial charge in [-0.15, -0.1) is 11.6 Å². The van der Waals surface area contributed by atoms with Crippen LogP contribution in [0.25, 0.3) is 0 Å². The molecule has 1 N–H and O–H groups in total. The molecule has 1 aliphatic heterocycles. The summed E-state index contributed by atoms with van der Waals surface area (Å²) in [6, 6.07) is 0. The van der Waals surface area contributed by atoms with Crippen molar-refractivity contribution in [3.05, 3.63) is 0 Å². The van der Waals surface area contributed by atoms with Crippen molar-refractivity contribution in [3.63, 3.8) is 0 Å². The molecule has 0 spiro atoms. The fourth-order valence-corrected chi connectivity index (χ4v) is 2.21. The van der Waals surface area contributed by atoms with Crippen LogP contribution in [0.2, 0.25) is 0 Å². The standard InChI is InChI=1S/C13H26ClN3O/c1-11(9-14)12(18)15-10-13(2,3)17-7-5-16(4)6-8-17/h11H,5-10H2,1-4H3,(H,15,18). The van der Waals surface area contributed by atoms with Crippen LogP contribution >= 0.6 is 11.6 Å². The molecule has 18 heavy (non-hydrogen) atoms. The van der Waals surface area contributed by atoms with Gasteiger partial charge in [-0.2, -0.15) is 0 Å². The molecule has 0 saturated carbocycles. The zero-order valence-electron chi connectivity index (χ0n) is 12.0. The predicted molar refractivity (Wildman–Crippen MR) is 76.0 cm³/mol. The van der Waals surface area contributed by atoms with Crippen LogP contribution in [0.15, 0.2) is 0 Å². The molecule has 0 aliphatic carbocycles. The van der Waals surface area contributed by atoms with E-state index in [-0.39, 0.29) is 17.4 Å². The molecular formula is C13H26ClN3O. The van der Waals surface area contributed by atoms with E-state index >= 15 is 0 Å². The Labute approximate surface area is 116 Å². The molecule has 1 aliphatic rings. The van der Waals surface area contributed by atoms with E-state index in [0.29, 0.717) is 12.4 Å². The molecule has 0 radical (unpaired) electrons. The van der Waals surface area contributed by atoms with Gasteiger partial charge in [-0.25, -0.2) is 0 Å². The number of alkyl halides is 1. The van der Waals surface area contributed by atoms with Crippen molar-refractivity contribution >= 4 is 17.5 Å². The van der Waals surface area contributed by atoms with Crippen LogP contribution in [0, 0.1) is 5.92 Å². The second kappa shape index (κ2) is 6.73. The highest BCUT2D eigenvalue weighted by Crippen LogP contribution is 2.15. The summed E-state index contributed by atoms with van der Waals surface area (Å²) in [6.07, 6.45) is 0. The molecule has 0 bridgehead atoms. The van der Waals surface area contributed by atoms with Crippen LogP contribution < -0.4 is 5.32 Å². The summed E-state index contributed by atoms with van der Waals surface area (Å²) in [5.41, 5.74) is 0.00293. The SMILES string of the molecule is CC(CCl)C(=O)NCC(C)(C)N1CCN(C)CC1. The summed E-state index contributed by atoms with van der Waals surface area (Å²) in [5, 5.41) is 3.00. The van der Waals surface area contributed by atoms with Crippen LogP contribution in [-0.2, 0) is 4.79 Å². The molecule has 5 heteroatoms. The van der Waals surface area contributed by atoms with Gasteiger partial charge >= 0.3 is 0 Å². The molecule has 1 saturated heterocycles. The van der Waals surface area contributed by atoms with Gasteiger partial charge in [-0.1, -0.05) is 6.92 Å². The maximum absolute atomic E-state index is 11.7. The normalized spacial score (nSPS) is 20.7. The lowest BCUT2D eigenvalue weighted by Gasteiger charge is -2.43. The predicted octanol–water partition coefficient (Wildman–Crippen LogP) is 1.00. The maximum atomic E-state index is 11.7. The minimum Gasteiger partial charge on any atom is -0.354 e. The zero-order valence-corrected chi connectivity index (χ0v) is 12.8. The molecule has 0 aromatic carbocycles. The molecule has 1 unspecified atom stereocenters. The van der Waals surface area contributed by atoms with Gasteiger partial charge in [0, 0.05) is 50.1 Å². The largest absolute Gasteiger partial charge is 0.354 e. The quantitative estimate of drug-likeness (QED) is 0.761. The Kier molecular flexibility index (Phi) is 5.89. The Morgan fingerprint density at radius 3 is 2.39 bits per heavy atom. The summed E-state index contributed by atoms with van der Waals surface area (Å²) >= 11 is 5.68. The van der Waals surface area contributed by atoms with Gasteiger partial charge in [-0.05, 0) is 20.9 Å². The van der Waals surface area contributed by atoms with Crippen molar-refractivity contribution in [1.29, 1.82) is 0 Å².